The maximum absolute atomic E-state index is 10.4. The van der Waals surface area contributed by atoms with Gasteiger partial charge in [-0.25, -0.2) is 15.0 Å². The Kier molecular flexibility index (Phi) is 14.5. The first-order chi connectivity index (χ1) is 48.4. The van der Waals surface area contributed by atoms with E-state index in [-0.39, 0.29) is 0 Å². The molecule has 0 fully saturated rings. The summed E-state index contributed by atoms with van der Waals surface area (Å²) in [5.41, 5.74) is 23.6. The smallest absolute Gasteiger partial charge is 0.164 e. The molecule has 0 saturated carbocycles. The lowest BCUT2D eigenvalue weighted by Crippen LogP contribution is -2.03. The molecule has 0 amide bonds. The van der Waals surface area contributed by atoms with Gasteiger partial charge in [-0.3, -0.25) is 0 Å². The van der Waals surface area contributed by atoms with Gasteiger partial charge in [-0.2, -0.15) is 15.8 Å². The Labute approximate surface area is 566 Å². The number of aromatic nitrogens is 5. The van der Waals surface area contributed by atoms with Gasteiger partial charge in [0.05, 0.1) is 57.0 Å². The molecule has 8 nitrogen and oxygen atoms in total. The standard InChI is InChI=1S/C90H54N8/c91-55-58-17-13-28-65(41-58)68-31-16-32-73(44-68)88-94-89(76-45-74(66-29-14-18-59(42-66)56-92)47-78(49-76)97-84-37-33-69(61-20-5-1-6-21-61)51-80(84)81-52-70(34-38-85(81)97)62-22-7-2-8-23-62)96-90(95-88)77-46-75(67-30-15-19-60(43-67)57-93)48-79(50-77)98-86-39-35-71(63-24-9-3-10-25-63)53-82(86)83-54-72(36-40-87(83)98)64-26-11-4-12-27-64/h1-54H. The molecule has 0 aliphatic rings. The van der Waals surface area contributed by atoms with Crippen molar-refractivity contribution in [1.82, 2.24) is 24.1 Å². The van der Waals surface area contributed by atoms with Gasteiger partial charge in [-0.1, -0.05) is 200 Å². The third kappa shape index (κ3) is 10.8. The van der Waals surface area contributed by atoms with Crippen molar-refractivity contribution >= 4 is 43.6 Å². The second-order valence-corrected chi connectivity index (χ2v) is 24.6. The molecule has 0 spiro atoms. The van der Waals surface area contributed by atoms with Gasteiger partial charge >= 0.3 is 0 Å². The summed E-state index contributed by atoms with van der Waals surface area (Å²) in [6.07, 6.45) is 0. The van der Waals surface area contributed by atoms with Crippen LogP contribution in [-0.4, -0.2) is 24.1 Å². The minimum atomic E-state index is 0.414. The molecule has 17 rings (SSSR count). The van der Waals surface area contributed by atoms with Crippen molar-refractivity contribution in [3.8, 4) is 142 Å². The predicted octanol–water partition coefficient (Wildman–Crippen LogP) is 22.4. The van der Waals surface area contributed by atoms with Crippen LogP contribution in [0.3, 0.4) is 0 Å². The van der Waals surface area contributed by atoms with E-state index in [0.717, 1.165) is 138 Å². The SMILES string of the molecule is N#Cc1cccc(-c2cccc(-c3nc(-c4cc(-c5cccc(C#N)c5)cc(-n5c6ccc(-c7ccccc7)cc6c6cc(-c7ccccc7)ccc65)c4)nc(-c4cc(-c5cccc(C#N)c5)cc(-n5c6ccc(-c7ccccc7)cc6c6cc(-c7ccccc7)ccc65)c4)n3)c2)c1. The fourth-order valence-electron chi connectivity index (χ4n) is 13.8. The van der Waals surface area contributed by atoms with Crippen LogP contribution in [0.25, 0.3) is 167 Å². The predicted molar refractivity (Wildman–Crippen MR) is 397 cm³/mol. The number of rotatable bonds is 12. The lowest BCUT2D eigenvalue weighted by Gasteiger charge is -2.16. The highest BCUT2D eigenvalue weighted by Gasteiger charge is 2.23. The molecule has 14 aromatic carbocycles. The monoisotopic (exact) mass is 1250 g/mol. The van der Waals surface area contributed by atoms with E-state index in [9.17, 15) is 15.8 Å². The second kappa shape index (κ2) is 24.6. The van der Waals surface area contributed by atoms with Gasteiger partial charge in [-0.15, -0.1) is 0 Å². The van der Waals surface area contributed by atoms with Crippen LogP contribution in [0.1, 0.15) is 16.7 Å². The lowest BCUT2D eigenvalue weighted by molar-refractivity contribution is 1.07. The van der Waals surface area contributed by atoms with Gasteiger partial charge in [0, 0.05) is 49.6 Å². The maximum Gasteiger partial charge on any atom is 0.164 e. The van der Waals surface area contributed by atoms with Crippen molar-refractivity contribution in [2.24, 2.45) is 0 Å². The highest BCUT2D eigenvalue weighted by atomic mass is 15.0. The first-order valence-corrected chi connectivity index (χ1v) is 32.4. The van der Waals surface area contributed by atoms with Crippen LogP contribution < -0.4 is 0 Å². The summed E-state index contributed by atoms with van der Waals surface area (Å²) in [7, 11) is 0. The van der Waals surface area contributed by atoms with Gasteiger partial charge in [0.1, 0.15) is 0 Å². The summed E-state index contributed by atoms with van der Waals surface area (Å²) in [4.78, 5) is 16.7. The van der Waals surface area contributed by atoms with Crippen molar-refractivity contribution < 1.29 is 0 Å². The maximum atomic E-state index is 10.4. The Morgan fingerprint density at radius 1 is 0.194 bits per heavy atom. The van der Waals surface area contributed by atoms with Crippen LogP contribution >= 0.6 is 0 Å². The Morgan fingerprint density at radius 2 is 0.439 bits per heavy atom. The number of hydrogen-bond donors (Lipinski definition) is 0. The summed E-state index contributed by atoms with van der Waals surface area (Å²) in [5, 5.41) is 35.2. The molecule has 0 aliphatic carbocycles. The van der Waals surface area contributed by atoms with Gasteiger partial charge in [0.25, 0.3) is 0 Å². The van der Waals surface area contributed by atoms with Gasteiger partial charge in [0.2, 0.25) is 0 Å². The third-order valence-electron chi connectivity index (χ3n) is 18.6. The van der Waals surface area contributed by atoms with E-state index in [4.69, 9.17) is 15.0 Å². The molecule has 0 bridgehead atoms. The fourth-order valence-corrected chi connectivity index (χ4v) is 13.8. The highest BCUT2D eigenvalue weighted by Crippen LogP contribution is 2.43. The van der Waals surface area contributed by atoms with E-state index < -0.39 is 0 Å². The van der Waals surface area contributed by atoms with Crippen LogP contribution in [0.15, 0.2) is 328 Å². The molecule has 3 heterocycles. The summed E-state index contributed by atoms with van der Waals surface area (Å²) in [6.45, 7) is 0. The van der Waals surface area contributed by atoms with E-state index in [2.05, 4.69) is 240 Å². The van der Waals surface area contributed by atoms with E-state index in [0.29, 0.717) is 45.3 Å². The van der Waals surface area contributed by atoms with Crippen molar-refractivity contribution in [3.63, 3.8) is 0 Å². The largest absolute Gasteiger partial charge is 0.309 e. The molecular weight excluding hydrogens is 1190 g/mol. The lowest BCUT2D eigenvalue weighted by atomic mass is 9.98. The second-order valence-electron chi connectivity index (χ2n) is 24.6. The van der Waals surface area contributed by atoms with E-state index in [1.54, 1.807) is 0 Å². The molecule has 0 radical (unpaired) electrons. The molecule has 17 aromatic rings. The number of nitriles is 3. The topological polar surface area (TPSA) is 120 Å². The molecule has 0 saturated heterocycles. The van der Waals surface area contributed by atoms with Crippen molar-refractivity contribution in [1.29, 1.82) is 15.8 Å². The molecule has 98 heavy (non-hydrogen) atoms. The van der Waals surface area contributed by atoms with Crippen molar-refractivity contribution in [3.05, 3.63) is 344 Å². The molecular formula is C90H54N8. The number of nitrogens with zero attached hydrogens (tertiary/aromatic N) is 8. The highest BCUT2D eigenvalue weighted by molar-refractivity contribution is 6.13. The molecule has 0 N–H and O–H groups in total. The summed E-state index contributed by atoms with van der Waals surface area (Å²) >= 11 is 0. The Bertz CT molecular complexity index is 5630. The normalized spacial score (nSPS) is 11.2. The van der Waals surface area contributed by atoms with Gasteiger partial charge in [-0.05, 0) is 205 Å². The number of benzene rings is 14. The minimum Gasteiger partial charge on any atom is -0.309 e. The zero-order valence-corrected chi connectivity index (χ0v) is 52.8. The Morgan fingerprint density at radius 3 is 0.765 bits per heavy atom. The van der Waals surface area contributed by atoms with Gasteiger partial charge < -0.3 is 9.13 Å². The van der Waals surface area contributed by atoms with E-state index in [1.807, 2.05) is 115 Å². The Hall–Kier alpha value is -13.8. The van der Waals surface area contributed by atoms with Gasteiger partial charge in [0.15, 0.2) is 17.5 Å². The minimum absolute atomic E-state index is 0.414. The molecule has 0 atom stereocenters. The first-order valence-electron chi connectivity index (χ1n) is 32.4. The summed E-state index contributed by atoms with van der Waals surface area (Å²) in [5.74, 6) is 1.26. The summed E-state index contributed by atoms with van der Waals surface area (Å²) < 4.78 is 4.67. The van der Waals surface area contributed by atoms with Crippen LogP contribution in [0, 0.1) is 34.0 Å². The molecule has 8 heteroatoms. The summed E-state index contributed by atoms with van der Waals surface area (Å²) in [6, 6.07) is 120. The van der Waals surface area contributed by atoms with E-state index in [1.165, 1.54) is 0 Å². The van der Waals surface area contributed by atoms with Crippen LogP contribution in [-0.2, 0) is 0 Å². The molecule has 0 aliphatic heterocycles. The first kappa shape index (κ1) is 58.0. The average molecular weight is 1250 g/mol. The number of hydrogen-bond acceptors (Lipinski definition) is 6. The Balaban J connectivity index is 0.929. The zero-order valence-electron chi connectivity index (χ0n) is 52.8. The molecule has 3 aromatic heterocycles. The third-order valence-corrected chi connectivity index (χ3v) is 18.6. The number of fused-ring (bicyclic) bond motifs is 6. The zero-order chi connectivity index (χ0) is 65.6. The average Bonchev–Trinajstić information content (AvgIpc) is 1.57. The van der Waals surface area contributed by atoms with Crippen molar-refractivity contribution in [2.45, 2.75) is 0 Å². The molecule has 0 unspecified atom stereocenters. The van der Waals surface area contributed by atoms with E-state index >= 15 is 0 Å². The van der Waals surface area contributed by atoms with Crippen molar-refractivity contribution in [2.75, 3.05) is 0 Å². The quantitative estimate of drug-likeness (QED) is 0.120. The van der Waals surface area contributed by atoms with Crippen LogP contribution in [0.5, 0.6) is 0 Å². The molecule has 454 valence electrons. The van der Waals surface area contributed by atoms with Crippen LogP contribution in [0.2, 0.25) is 0 Å². The van der Waals surface area contributed by atoms with Crippen LogP contribution in [0.4, 0.5) is 0 Å². The fraction of sp³-hybridized carbons (Fsp3) is 0.